The van der Waals surface area contributed by atoms with Crippen LogP contribution in [0.2, 0.25) is 0 Å². The van der Waals surface area contributed by atoms with Crippen molar-refractivity contribution in [1.29, 1.82) is 0 Å². The van der Waals surface area contributed by atoms with Crippen LogP contribution in [0.5, 0.6) is 0 Å². The van der Waals surface area contributed by atoms with Crippen LogP contribution in [0.4, 0.5) is 0 Å². The van der Waals surface area contributed by atoms with E-state index in [-0.39, 0.29) is 46.7 Å². The van der Waals surface area contributed by atoms with Crippen LogP contribution in [0.3, 0.4) is 0 Å². The third-order valence-electron chi connectivity index (χ3n) is 7.43. The maximum Gasteiger partial charge on any atom is 0.296 e. The second-order valence-electron chi connectivity index (χ2n) is 9.51. The molecule has 2 aromatic rings. The predicted octanol–water partition coefficient (Wildman–Crippen LogP) is 4.26. The molecule has 0 spiro atoms. The Balaban J connectivity index is 1.34. The first kappa shape index (κ1) is 23.5. The number of fused-ring (bicyclic) bond motifs is 1. The largest absolute Gasteiger partial charge is 0.296 e. The Bertz CT molecular complexity index is 1220. The lowest BCUT2D eigenvalue weighted by atomic mass is 9.50. The molecule has 8 heteroatoms. The zero-order valence-electron chi connectivity index (χ0n) is 19.1. The van der Waals surface area contributed by atoms with Crippen LogP contribution in [0, 0.1) is 49.4 Å². The van der Waals surface area contributed by atoms with E-state index < -0.39 is 20.2 Å². The van der Waals surface area contributed by atoms with Gasteiger partial charge >= 0.3 is 0 Å². The van der Waals surface area contributed by atoms with Crippen molar-refractivity contribution in [2.45, 2.75) is 23.6 Å². The summed E-state index contributed by atoms with van der Waals surface area (Å²) < 4.78 is 62.3. The molecular weight excluding hydrogens is 472 g/mol. The molecule has 1 fully saturated rings. The SMILES string of the molecule is Cc1ccc(S(=O)(=O)OC[C@H]2[C@@H]3C=C[C@@H]([C@H]4C=C[C@@H]43)[C@@H]2COS(=O)(=O)c2ccc(C)cc2)cc1. The molecule has 2 aromatic carbocycles. The van der Waals surface area contributed by atoms with Crippen molar-refractivity contribution in [3.8, 4) is 0 Å². The molecule has 0 aromatic heterocycles. The highest BCUT2D eigenvalue weighted by atomic mass is 32.2. The summed E-state index contributed by atoms with van der Waals surface area (Å²) in [6.45, 7) is 3.75. The molecular formula is C26H28O6S2. The summed E-state index contributed by atoms with van der Waals surface area (Å²) in [5.74, 6) is 0.489. The fourth-order valence-corrected chi connectivity index (χ4v) is 7.31. The highest BCUT2D eigenvalue weighted by Gasteiger charge is 2.53. The summed E-state index contributed by atoms with van der Waals surface area (Å²) >= 11 is 0. The van der Waals surface area contributed by atoms with Crippen molar-refractivity contribution in [1.82, 2.24) is 0 Å². The number of rotatable bonds is 8. The zero-order valence-corrected chi connectivity index (χ0v) is 20.7. The normalized spacial score (nSPS) is 29.6. The van der Waals surface area contributed by atoms with Gasteiger partial charge in [-0.2, -0.15) is 16.8 Å². The molecule has 0 amide bonds. The van der Waals surface area contributed by atoms with E-state index in [1.54, 1.807) is 24.3 Å². The molecule has 4 aliphatic rings. The minimum atomic E-state index is -3.92. The molecule has 180 valence electrons. The molecule has 34 heavy (non-hydrogen) atoms. The van der Waals surface area contributed by atoms with Crippen LogP contribution >= 0.6 is 0 Å². The molecule has 0 heterocycles. The maximum atomic E-state index is 12.8. The maximum absolute atomic E-state index is 12.8. The van der Waals surface area contributed by atoms with E-state index >= 15 is 0 Å². The van der Waals surface area contributed by atoms with Crippen molar-refractivity contribution >= 4 is 20.2 Å². The first-order valence-electron chi connectivity index (χ1n) is 11.4. The van der Waals surface area contributed by atoms with Crippen LogP contribution < -0.4 is 0 Å². The molecule has 4 aliphatic carbocycles. The molecule has 0 radical (unpaired) electrons. The first-order chi connectivity index (χ1) is 16.2. The van der Waals surface area contributed by atoms with Gasteiger partial charge in [-0.15, -0.1) is 0 Å². The van der Waals surface area contributed by atoms with Gasteiger partial charge in [0.1, 0.15) is 0 Å². The van der Waals surface area contributed by atoms with Crippen molar-refractivity contribution in [2.75, 3.05) is 13.2 Å². The van der Waals surface area contributed by atoms with Crippen LogP contribution in [-0.4, -0.2) is 30.0 Å². The Kier molecular flexibility index (Phi) is 6.04. The number of aryl methyl sites for hydroxylation is 2. The Morgan fingerprint density at radius 3 is 1.21 bits per heavy atom. The quantitative estimate of drug-likeness (QED) is 0.398. The van der Waals surface area contributed by atoms with Gasteiger partial charge in [0.2, 0.25) is 0 Å². The van der Waals surface area contributed by atoms with Crippen molar-refractivity contribution in [2.24, 2.45) is 35.5 Å². The fourth-order valence-electron chi connectivity index (χ4n) is 5.43. The van der Waals surface area contributed by atoms with Crippen LogP contribution in [0.25, 0.3) is 0 Å². The average Bonchev–Trinajstić information content (AvgIpc) is 2.77. The van der Waals surface area contributed by atoms with Crippen molar-refractivity contribution in [3.63, 3.8) is 0 Å². The monoisotopic (exact) mass is 500 g/mol. The third kappa shape index (κ3) is 4.28. The van der Waals surface area contributed by atoms with Crippen LogP contribution in [-0.2, 0) is 28.6 Å². The Morgan fingerprint density at radius 1 is 0.559 bits per heavy atom. The van der Waals surface area contributed by atoms with Gasteiger partial charge in [0, 0.05) is 0 Å². The molecule has 1 saturated carbocycles. The van der Waals surface area contributed by atoms with Crippen molar-refractivity contribution < 1.29 is 25.2 Å². The van der Waals surface area contributed by atoms with Gasteiger partial charge < -0.3 is 0 Å². The highest BCUT2D eigenvalue weighted by Crippen LogP contribution is 2.56. The van der Waals surface area contributed by atoms with Gasteiger partial charge in [0.05, 0.1) is 23.0 Å². The van der Waals surface area contributed by atoms with Gasteiger partial charge in [-0.3, -0.25) is 8.37 Å². The van der Waals surface area contributed by atoms with Crippen LogP contribution in [0.15, 0.2) is 82.6 Å². The molecule has 6 nitrogen and oxygen atoms in total. The van der Waals surface area contributed by atoms with E-state index in [0.717, 1.165) is 11.1 Å². The Hall–Kier alpha value is -2.26. The minimum absolute atomic E-state index is 0.0165. The van der Waals surface area contributed by atoms with E-state index in [2.05, 4.69) is 24.3 Å². The van der Waals surface area contributed by atoms with Gasteiger partial charge in [-0.1, -0.05) is 59.7 Å². The minimum Gasteiger partial charge on any atom is -0.266 e. The van der Waals surface area contributed by atoms with Crippen LogP contribution in [0.1, 0.15) is 11.1 Å². The number of allylic oxidation sites excluding steroid dienone is 4. The Morgan fingerprint density at radius 2 is 0.882 bits per heavy atom. The van der Waals surface area contributed by atoms with E-state index in [1.165, 1.54) is 24.3 Å². The summed E-state index contributed by atoms with van der Waals surface area (Å²) in [5.41, 5.74) is 1.92. The van der Waals surface area contributed by atoms with E-state index in [9.17, 15) is 16.8 Å². The van der Waals surface area contributed by atoms with Gasteiger partial charge in [-0.05, 0) is 73.6 Å². The van der Waals surface area contributed by atoms with Gasteiger partial charge in [0.15, 0.2) is 0 Å². The summed E-state index contributed by atoms with van der Waals surface area (Å²) in [7, 11) is -7.84. The zero-order chi connectivity index (χ0) is 24.1. The molecule has 0 N–H and O–H groups in total. The molecule has 2 bridgehead atoms. The lowest BCUT2D eigenvalue weighted by Crippen LogP contribution is -2.52. The average molecular weight is 501 g/mol. The number of benzene rings is 2. The Labute approximate surface area is 201 Å². The van der Waals surface area contributed by atoms with E-state index in [0.29, 0.717) is 11.8 Å². The standard InChI is InChI=1S/C26H28O6S2/c1-17-3-7-19(8-4-17)33(27,28)31-15-25-23-13-14-24(22-12-11-21(22)23)26(25)16-32-34(29,30)20-9-5-18(2)6-10-20/h3-14,21-26H,15-16H2,1-2H3/t21-,22-,23-,24+,25-,26-/m0/s1. The predicted molar refractivity (Wildman–Crippen MR) is 128 cm³/mol. The molecule has 0 unspecified atom stereocenters. The molecule has 6 rings (SSSR count). The lowest BCUT2D eigenvalue weighted by molar-refractivity contribution is -0.0116. The summed E-state index contributed by atoms with van der Waals surface area (Å²) in [6, 6.07) is 13.1. The smallest absolute Gasteiger partial charge is 0.266 e. The van der Waals surface area contributed by atoms with Crippen molar-refractivity contribution in [3.05, 3.63) is 84.0 Å². The van der Waals surface area contributed by atoms with Gasteiger partial charge in [-0.25, -0.2) is 0 Å². The summed E-state index contributed by atoms with van der Waals surface area (Å²) in [6.07, 6.45) is 8.58. The number of hydrogen-bond acceptors (Lipinski definition) is 6. The summed E-state index contributed by atoms with van der Waals surface area (Å²) in [4.78, 5) is 0.233. The molecule has 6 atom stereocenters. The highest BCUT2D eigenvalue weighted by molar-refractivity contribution is 7.87. The van der Waals surface area contributed by atoms with Gasteiger partial charge in [0.25, 0.3) is 20.2 Å². The summed E-state index contributed by atoms with van der Waals surface area (Å²) in [5, 5.41) is 0. The fraction of sp³-hybridized carbons (Fsp3) is 0.385. The van der Waals surface area contributed by atoms with E-state index in [1.807, 2.05) is 13.8 Å². The lowest BCUT2D eigenvalue weighted by Gasteiger charge is -2.55. The number of hydrogen-bond donors (Lipinski definition) is 0. The topological polar surface area (TPSA) is 86.7 Å². The first-order valence-corrected chi connectivity index (χ1v) is 14.3. The molecule has 0 saturated heterocycles. The third-order valence-corrected chi connectivity index (χ3v) is 10.0. The van der Waals surface area contributed by atoms with E-state index in [4.69, 9.17) is 8.37 Å². The second kappa shape index (κ2) is 8.75. The molecule has 0 aliphatic heterocycles. The second-order valence-corrected chi connectivity index (χ2v) is 12.7.